The summed E-state index contributed by atoms with van der Waals surface area (Å²) in [5, 5.41) is 10.3. The maximum atomic E-state index is 10.3. The first kappa shape index (κ1) is 14.0. The molecule has 0 saturated carbocycles. The van der Waals surface area contributed by atoms with Gasteiger partial charge in [-0.3, -0.25) is 0 Å². The van der Waals surface area contributed by atoms with E-state index in [1.54, 1.807) is 7.11 Å². The maximum absolute atomic E-state index is 10.3. The summed E-state index contributed by atoms with van der Waals surface area (Å²) in [7, 11) is 1.63. The quantitative estimate of drug-likeness (QED) is 0.798. The lowest BCUT2D eigenvalue weighted by Crippen LogP contribution is -2.23. The molecule has 0 aliphatic carbocycles. The Bertz CT molecular complexity index is 339. The largest absolute Gasteiger partial charge is 0.497 e. The lowest BCUT2D eigenvalue weighted by Gasteiger charge is -2.23. The first-order valence-electron chi connectivity index (χ1n) is 6.10. The van der Waals surface area contributed by atoms with Crippen molar-refractivity contribution in [3.8, 4) is 5.75 Å². The van der Waals surface area contributed by atoms with E-state index < -0.39 is 6.10 Å². The van der Waals surface area contributed by atoms with E-state index in [-0.39, 0.29) is 5.92 Å². The van der Waals surface area contributed by atoms with Crippen LogP contribution in [0.5, 0.6) is 5.75 Å². The van der Waals surface area contributed by atoms with Crippen LogP contribution in [0.15, 0.2) is 24.3 Å². The lowest BCUT2D eigenvalue weighted by molar-refractivity contribution is 0.0992. The summed E-state index contributed by atoms with van der Waals surface area (Å²) in [5.41, 5.74) is 6.61. The Kier molecular flexibility index (Phi) is 5.45. The van der Waals surface area contributed by atoms with Crippen molar-refractivity contribution in [3.05, 3.63) is 29.8 Å². The van der Waals surface area contributed by atoms with Gasteiger partial charge in [-0.05, 0) is 36.6 Å². The van der Waals surface area contributed by atoms with Crippen LogP contribution in [-0.2, 0) is 0 Å². The zero-order chi connectivity index (χ0) is 12.8. The molecule has 0 aromatic heterocycles. The van der Waals surface area contributed by atoms with Crippen molar-refractivity contribution in [1.82, 2.24) is 0 Å². The monoisotopic (exact) mass is 237 g/mol. The van der Waals surface area contributed by atoms with Gasteiger partial charge in [-0.15, -0.1) is 0 Å². The summed E-state index contributed by atoms with van der Waals surface area (Å²) in [5.74, 6) is 1.40. The molecule has 0 aliphatic heterocycles. The van der Waals surface area contributed by atoms with Gasteiger partial charge in [0.2, 0.25) is 0 Å². The third-order valence-corrected chi connectivity index (χ3v) is 2.96. The van der Waals surface area contributed by atoms with Crippen LogP contribution in [0.25, 0.3) is 0 Å². The lowest BCUT2D eigenvalue weighted by atomic mass is 9.88. The van der Waals surface area contributed by atoms with Gasteiger partial charge in [-0.25, -0.2) is 0 Å². The summed E-state index contributed by atoms with van der Waals surface area (Å²) >= 11 is 0. The molecule has 0 amide bonds. The van der Waals surface area contributed by atoms with Crippen molar-refractivity contribution in [3.63, 3.8) is 0 Å². The maximum Gasteiger partial charge on any atom is 0.119 e. The van der Waals surface area contributed by atoms with E-state index in [1.165, 1.54) is 0 Å². The normalized spacial score (nSPS) is 14.7. The molecule has 0 bridgehead atoms. The molecule has 96 valence electrons. The highest BCUT2D eigenvalue weighted by Crippen LogP contribution is 2.28. The molecule has 17 heavy (non-hydrogen) atoms. The number of ether oxygens (including phenoxy) is 1. The van der Waals surface area contributed by atoms with Gasteiger partial charge in [-0.1, -0.05) is 26.0 Å². The fourth-order valence-corrected chi connectivity index (χ4v) is 2.06. The molecule has 2 atom stereocenters. The Morgan fingerprint density at radius 1 is 1.35 bits per heavy atom. The molecule has 3 nitrogen and oxygen atoms in total. The van der Waals surface area contributed by atoms with E-state index in [0.29, 0.717) is 12.5 Å². The SMILES string of the molecule is COc1cccc(C(O)C(CN)CC(C)C)c1. The Hall–Kier alpha value is -1.06. The summed E-state index contributed by atoms with van der Waals surface area (Å²) in [4.78, 5) is 0. The Balaban J connectivity index is 2.81. The predicted octanol–water partition coefficient (Wildman–Crippen LogP) is 2.35. The second-order valence-corrected chi connectivity index (χ2v) is 4.85. The molecule has 3 N–H and O–H groups in total. The van der Waals surface area contributed by atoms with Gasteiger partial charge in [0, 0.05) is 5.92 Å². The average Bonchev–Trinajstić information content (AvgIpc) is 2.35. The topological polar surface area (TPSA) is 55.5 Å². The molecule has 3 heteroatoms. The minimum Gasteiger partial charge on any atom is -0.497 e. The predicted molar refractivity (Wildman–Crippen MR) is 70.0 cm³/mol. The molecule has 0 fully saturated rings. The average molecular weight is 237 g/mol. The Labute approximate surface area is 104 Å². The van der Waals surface area contributed by atoms with Crippen molar-refractivity contribution in [2.45, 2.75) is 26.4 Å². The van der Waals surface area contributed by atoms with Gasteiger partial charge in [0.05, 0.1) is 13.2 Å². The summed E-state index contributed by atoms with van der Waals surface area (Å²) in [6.45, 7) is 4.78. The van der Waals surface area contributed by atoms with Crippen LogP contribution >= 0.6 is 0 Å². The van der Waals surface area contributed by atoms with E-state index in [0.717, 1.165) is 17.7 Å². The number of rotatable bonds is 6. The minimum atomic E-state index is -0.516. The first-order chi connectivity index (χ1) is 8.08. The number of aliphatic hydroxyl groups is 1. The van der Waals surface area contributed by atoms with E-state index in [2.05, 4.69) is 13.8 Å². The smallest absolute Gasteiger partial charge is 0.119 e. The van der Waals surface area contributed by atoms with E-state index in [1.807, 2.05) is 24.3 Å². The van der Waals surface area contributed by atoms with E-state index in [4.69, 9.17) is 10.5 Å². The number of aliphatic hydroxyl groups excluding tert-OH is 1. The molecule has 2 unspecified atom stereocenters. The van der Waals surface area contributed by atoms with Gasteiger partial charge in [-0.2, -0.15) is 0 Å². The second-order valence-electron chi connectivity index (χ2n) is 4.85. The van der Waals surface area contributed by atoms with Crippen LogP contribution in [0.4, 0.5) is 0 Å². The molecule has 0 saturated heterocycles. The molecule has 0 spiro atoms. The second kappa shape index (κ2) is 6.62. The highest BCUT2D eigenvalue weighted by Gasteiger charge is 2.20. The van der Waals surface area contributed by atoms with Crippen molar-refractivity contribution >= 4 is 0 Å². The van der Waals surface area contributed by atoms with Gasteiger partial charge in [0.1, 0.15) is 5.75 Å². The third kappa shape index (κ3) is 4.02. The van der Waals surface area contributed by atoms with Crippen LogP contribution < -0.4 is 10.5 Å². The zero-order valence-corrected chi connectivity index (χ0v) is 10.9. The number of methoxy groups -OCH3 is 1. The van der Waals surface area contributed by atoms with Crippen LogP contribution in [0.3, 0.4) is 0 Å². The molecule has 0 heterocycles. The Morgan fingerprint density at radius 3 is 2.59 bits per heavy atom. The van der Waals surface area contributed by atoms with Gasteiger partial charge in [0.15, 0.2) is 0 Å². The van der Waals surface area contributed by atoms with Gasteiger partial charge >= 0.3 is 0 Å². The molecule has 0 aliphatic rings. The Morgan fingerprint density at radius 2 is 2.06 bits per heavy atom. The van der Waals surface area contributed by atoms with E-state index >= 15 is 0 Å². The van der Waals surface area contributed by atoms with Crippen molar-refractivity contribution in [2.24, 2.45) is 17.6 Å². The summed E-state index contributed by atoms with van der Waals surface area (Å²) < 4.78 is 5.16. The first-order valence-corrected chi connectivity index (χ1v) is 6.10. The highest BCUT2D eigenvalue weighted by molar-refractivity contribution is 5.30. The van der Waals surface area contributed by atoms with Crippen molar-refractivity contribution in [2.75, 3.05) is 13.7 Å². The van der Waals surface area contributed by atoms with Gasteiger partial charge < -0.3 is 15.6 Å². The molecular weight excluding hydrogens is 214 g/mol. The number of nitrogens with two attached hydrogens (primary N) is 1. The van der Waals surface area contributed by atoms with Crippen molar-refractivity contribution < 1.29 is 9.84 Å². The summed E-state index contributed by atoms with van der Waals surface area (Å²) in [6.07, 6.45) is 0.409. The minimum absolute atomic E-state index is 0.0992. The van der Waals surface area contributed by atoms with Crippen LogP contribution in [-0.4, -0.2) is 18.8 Å². The highest BCUT2D eigenvalue weighted by atomic mass is 16.5. The molecule has 1 rings (SSSR count). The van der Waals surface area contributed by atoms with Gasteiger partial charge in [0.25, 0.3) is 0 Å². The van der Waals surface area contributed by atoms with Crippen LogP contribution in [0, 0.1) is 11.8 Å². The number of benzene rings is 1. The van der Waals surface area contributed by atoms with Crippen LogP contribution in [0.2, 0.25) is 0 Å². The number of hydrogen-bond donors (Lipinski definition) is 2. The standard InChI is InChI=1S/C14H23NO2/c1-10(2)7-12(9-15)14(16)11-5-4-6-13(8-11)17-3/h4-6,8,10,12,14,16H,7,9,15H2,1-3H3. The van der Waals surface area contributed by atoms with Crippen molar-refractivity contribution in [1.29, 1.82) is 0 Å². The molecule has 1 aromatic carbocycles. The molecular formula is C14H23NO2. The fraction of sp³-hybridized carbons (Fsp3) is 0.571. The van der Waals surface area contributed by atoms with E-state index in [9.17, 15) is 5.11 Å². The third-order valence-electron chi connectivity index (χ3n) is 2.96. The molecule has 1 aromatic rings. The molecule has 0 radical (unpaired) electrons. The number of hydrogen-bond acceptors (Lipinski definition) is 3. The fourth-order valence-electron chi connectivity index (χ4n) is 2.06. The zero-order valence-electron chi connectivity index (χ0n) is 10.9. The van der Waals surface area contributed by atoms with Crippen LogP contribution in [0.1, 0.15) is 31.9 Å². The summed E-state index contributed by atoms with van der Waals surface area (Å²) in [6, 6.07) is 7.54.